The van der Waals surface area contributed by atoms with Crippen molar-refractivity contribution in [3.63, 3.8) is 0 Å². The predicted molar refractivity (Wildman–Crippen MR) is 116 cm³/mol. The maximum absolute atomic E-state index is 12.3. The fourth-order valence-corrected chi connectivity index (χ4v) is 3.04. The number of hydrogen-bond acceptors (Lipinski definition) is 4. The molecule has 3 rings (SSSR count). The molecule has 0 spiro atoms. The molecule has 1 aromatic carbocycles. The minimum Gasteiger partial charge on any atom is -0.363 e. The largest absolute Gasteiger partial charge is 0.363 e. The zero-order valence-electron chi connectivity index (χ0n) is 17.4. The minimum atomic E-state index is -0.246. The summed E-state index contributed by atoms with van der Waals surface area (Å²) in [6.07, 6.45) is 5.58. The topological polar surface area (TPSA) is 75.1 Å². The van der Waals surface area contributed by atoms with E-state index in [4.69, 9.17) is 0 Å². The highest BCUT2D eigenvalue weighted by atomic mass is 16.2. The summed E-state index contributed by atoms with van der Waals surface area (Å²) in [6.45, 7) is 5.39. The number of carbonyl (C=O) groups is 1. The molecule has 0 bridgehead atoms. The molecular formula is C22H28N6O. The number of amides is 2. The van der Waals surface area contributed by atoms with Crippen molar-refractivity contribution >= 4 is 17.5 Å². The molecule has 0 aliphatic carbocycles. The van der Waals surface area contributed by atoms with Gasteiger partial charge in [0.2, 0.25) is 0 Å². The molecule has 152 valence electrons. The second-order valence-electron chi connectivity index (χ2n) is 7.50. The third kappa shape index (κ3) is 5.57. The fourth-order valence-electron chi connectivity index (χ4n) is 3.04. The van der Waals surface area contributed by atoms with Crippen molar-refractivity contribution in [2.75, 3.05) is 24.3 Å². The molecule has 0 aliphatic heterocycles. The monoisotopic (exact) mass is 392 g/mol. The molecule has 3 aromatic rings. The van der Waals surface area contributed by atoms with Crippen LogP contribution in [-0.2, 0) is 13.1 Å². The zero-order valence-corrected chi connectivity index (χ0v) is 17.4. The summed E-state index contributed by atoms with van der Waals surface area (Å²) in [4.78, 5) is 23.0. The van der Waals surface area contributed by atoms with Crippen molar-refractivity contribution in [2.45, 2.75) is 32.9 Å². The number of benzene rings is 1. The van der Waals surface area contributed by atoms with Crippen molar-refractivity contribution in [2.24, 2.45) is 0 Å². The Morgan fingerprint density at radius 1 is 1.14 bits per heavy atom. The number of urea groups is 1. The van der Waals surface area contributed by atoms with Gasteiger partial charge in [-0.05, 0) is 29.3 Å². The summed E-state index contributed by atoms with van der Waals surface area (Å²) < 4.78 is 2.13. The quantitative estimate of drug-likeness (QED) is 0.641. The normalized spacial score (nSPS) is 10.8. The number of rotatable bonds is 7. The number of pyridine rings is 1. The van der Waals surface area contributed by atoms with Crippen molar-refractivity contribution in [3.8, 4) is 0 Å². The average molecular weight is 393 g/mol. The van der Waals surface area contributed by atoms with Gasteiger partial charge in [0.15, 0.2) is 0 Å². The lowest BCUT2D eigenvalue weighted by molar-refractivity contribution is 0.251. The number of hydrogen-bond donors (Lipinski definition) is 2. The van der Waals surface area contributed by atoms with Crippen molar-refractivity contribution < 1.29 is 4.79 Å². The molecular weight excluding hydrogens is 364 g/mol. The van der Waals surface area contributed by atoms with E-state index in [1.807, 2.05) is 67.8 Å². The Hall–Kier alpha value is -3.35. The Kier molecular flexibility index (Phi) is 6.49. The molecule has 7 heteroatoms. The van der Waals surface area contributed by atoms with Gasteiger partial charge in [-0.1, -0.05) is 32.0 Å². The maximum Gasteiger partial charge on any atom is 0.319 e. The SMILES string of the molecule is CC(C)c1nccn1Cc1cccc(NC(=O)NCc2ccc(N(C)C)nc2)c1. The Morgan fingerprint density at radius 3 is 2.66 bits per heavy atom. The Labute approximate surface area is 171 Å². The number of nitrogens with one attached hydrogen (secondary N) is 2. The third-order valence-electron chi connectivity index (χ3n) is 4.52. The number of carbonyl (C=O) groups excluding carboxylic acids is 1. The summed E-state index contributed by atoms with van der Waals surface area (Å²) in [5.41, 5.74) is 2.80. The number of aromatic nitrogens is 3. The Morgan fingerprint density at radius 2 is 1.97 bits per heavy atom. The van der Waals surface area contributed by atoms with Crippen molar-refractivity contribution in [3.05, 3.63) is 71.9 Å². The lowest BCUT2D eigenvalue weighted by Crippen LogP contribution is -2.28. The van der Waals surface area contributed by atoms with Crippen LogP contribution in [0.1, 0.15) is 36.7 Å². The van der Waals surface area contributed by atoms with Crippen LogP contribution in [0.5, 0.6) is 0 Å². The van der Waals surface area contributed by atoms with Gasteiger partial charge < -0.3 is 20.1 Å². The van der Waals surface area contributed by atoms with Gasteiger partial charge in [0.1, 0.15) is 11.6 Å². The smallest absolute Gasteiger partial charge is 0.319 e. The maximum atomic E-state index is 12.3. The Balaban J connectivity index is 1.56. The lowest BCUT2D eigenvalue weighted by atomic mass is 10.1. The molecule has 2 heterocycles. The van der Waals surface area contributed by atoms with E-state index in [1.54, 1.807) is 6.20 Å². The minimum absolute atomic E-state index is 0.246. The number of imidazole rings is 1. The molecule has 0 saturated heterocycles. The summed E-state index contributed by atoms with van der Waals surface area (Å²) in [5, 5.41) is 5.76. The number of anilines is 2. The summed E-state index contributed by atoms with van der Waals surface area (Å²) in [6, 6.07) is 11.5. The van der Waals surface area contributed by atoms with Crippen LogP contribution in [0.2, 0.25) is 0 Å². The second kappa shape index (κ2) is 9.23. The van der Waals surface area contributed by atoms with Crippen LogP contribution in [0.25, 0.3) is 0 Å². The van der Waals surface area contributed by atoms with Crippen LogP contribution < -0.4 is 15.5 Å². The van der Waals surface area contributed by atoms with E-state index in [1.165, 1.54) is 0 Å². The lowest BCUT2D eigenvalue weighted by Gasteiger charge is -2.13. The van der Waals surface area contributed by atoms with E-state index in [0.29, 0.717) is 19.0 Å². The molecule has 0 fully saturated rings. The van der Waals surface area contributed by atoms with Crippen molar-refractivity contribution in [1.29, 1.82) is 0 Å². The molecule has 0 aliphatic rings. The molecule has 0 radical (unpaired) electrons. The van der Waals surface area contributed by atoms with Gasteiger partial charge in [0, 0.05) is 57.4 Å². The summed E-state index contributed by atoms with van der Waals surface area (Å²) in [7, 11) is 3.89. The molecule has 2 amide bonds. The van der Waals surface area contributed by atoms with Crippen LogP contribution in [0.15, 0.2) is 55.0 Å². The van der Waals surface area contributed by atoms with Crippen LogP contribution in [0.4, 0.5) is 16.3 Å². The van der Waals surface area contributed by atoms with E-state index in [-0.39, 0.29) is 6.03 Å². The fraction of sp³-hybridized carbons (Fsp3) is 0.318. The van der Waals surface area contributed by atoms with Gasteiger partial charge in [-0.15, -0.1) is 0 Å². The third-order valence-corrected chi connectivity index (χ3v) is 4.52. The summed E-state index contributed by atoms with van der Waals surface area (Å²) >= 11 is 0. The average Bonchev–Trinajstić information content (AvgIpc) is 3.15. The van der Waals surface area contributed by atoms with Gasteiger partial charge in [0.05, 0.1) is 0 Å². The molecule has 2 N–H and O–H groups in total. The Bertz CT molecular complexity index is 946. The second-order valence-corrected chi connectivity index (χ2v) is 7.50. The molecule has 0 unspecified atom stereocenters. The predicted octanol–water partition coefficient (Wildman–Crippen LogP) is 3.84. The highest BCUT2D eigenvalue weighted by molar-refractivity contribution is 5.89. The van der Waals surface area contributed by atoms with Gasteiger partial charge in [-0.25, -0.2) is 14.8 Å². The highest BCUT2D eigenvalue weighted by Gasteiger charge is 2.08. The van der Waals surface area contributed by atoms with Crippen LogP contribution in [0.3, 0.4) is 0 Å². The van der Waals surface area contributed by atoms with Crippen LogP contribution in [-0.4, -0.2) is 34.7 Å². The molecule has 7 nitrogen and oxygen atoms in total. The van der Waals surface area contributed by atoms with Gasteiger partial charge >= 0.3 is 6.03 Å². The first-order valence-corrected chi connectivity index (χ1v) is 9.69. The first-order chi connectivity index (χ1) is 13.9. The van der Waals surface area contributed by atoms with Gasteiger partial charge in [-0.3, -0.25) is 0 Å². The van der Waals surface area contributed by atoms with Gasteiger partial charge in [0.25, 0.3) is 0 Å². The molecule has 29 heavy (non-hydrogen) atoms. The molecule has 0 atom stereocenters. The van der Waals surface area contributed by atoms with Crippen molar-refractivity contribution in [1.82, 2.24) is 19.9 Å². The standard InChI is InChI=1S/C22H28N6O/c1-16(2)21-23-10-11-28(21)15-17-6-5-7-19(12-17)26-22(29)25-14-18-8-9-20(24-13-18)27(3)4/h5-13,16H,14-15H2,1-4H3,(H2,25,26,29). The van der Waals surface area contributed by atoms with E-state index < -0.39 is 0 Å². The zero-order chi connectivity index (χ0) is 20.8. The van der Waals surface area contributed by atoms with E-state index in [0.717, 1.165) is 28.5 Å². The molecule has 2 aromatic heterocycles. The first kappa shape index (κ1) is 20.4. The number of nitrogens with zero attached hydrogens (tertiary/aromatic N) is 4. The van der Waals surface area contributed by atoms with Crippen LogP contribution >= 0.6 is 0 Å². The first-order valence-electron chi connectivity index (χ1n) is 9.69. The highest BCUT2D eigenvalue weighted by Crippen LogP contribution is 2.16. The molecule has 0 saturated carbocycles. The summed E-state index contributed by atoms with van der Waals surface area (Å²) in [5.74, 6) is 2.29. The van der Waals surface area contributed by atoms with Crippen LogP contribution in [0, 0.1) is 0 Å². The van der Waals surface area contributed by atoms with E-state index >= 15 is 0 Å². The van der Waals surface area contributed by atoms with Gasteiger partial charge in [-0.2, -0.15) is 0 Å². The van der Waals surface area contributed by atoms with E-state index in [9.17, 15) is 4.79 Å². The van der Waals surface area contributed by atoms with E-state index in [2.05, 4.69) is 39.0 Å².